The van der Waals surface area contributed by atoms with Gasteiger partial charge in [-0.3, -0.25) is 9.59 Å². The van der Waals surface area contributed by atoms with E-state index >= 15 is 0 Å². The average Bonchev–Trinajstić information content (AvgIpc) is 2.81. The normalized spacial score (nSPS) is 15.2. The van der Waals surface area contributed by atoms with Gasteiger partial charge in [-0.15, -0.1) is 0 Å². The molecule has 0 bridgehead atoms. The molecule has 2 rings (SSSR count). The smallest absolute Gasteiger partial charge is 0.341 e. The Kier molecular flexibility index (Phi) is 9.59. The summed E-state index contributed by atoms with van der Waals surface area (Å²) in [6, 6.07) is 15.9. The first-order valence-electron chi connectivity index (χ1n) is 11.6. The lowest BCUT2D eigenvalue weighted by atomic mass is 9.66. The first-order valence-corrected chi connectivity index (χ1v) is 13.2. The van der Waals surface area contributed by atoms with Gasteiger partial charge in [0, 0.05) is 20.4 Å². The number of esters is 1. The lowest BCUT2D eigenvalue weighted by Crippen LogP contribution is -2.62. The summed E-state index contributed by atoms with van der Waals surface area (Å²) < 4.78 is 36.9. The van der Waals surface area contributed by atoms with Crippen LogP contribution in [-0.2, 0) is 45.4 Å². The van der Waals surface area contributed by atoms with E-state index in [-0.39, 0.29) is 30.9 Å². The predicted octanol–water partition coefficient (Wildman–Crippen LogP) is 2.36. The third kappa shape index (κ3) is 7.15. The predicted molar refractivity (Wildman–Crippen MR) is 135 cm³/mol. The largest absolute Gasteiger partial charge is 0.479 e. The third-order valence-corrected chi connectivity index (χ3v) is 7.63. The van der Waals surface area contributed by atoms with Gasteiger partial charge in [0.1, 0.15) is 0 Å². The van der Waals surface area contributed by atoms with Crippen molar-refractivity contribution in [2.24, 2.45) is 5.41 Å². The van der Waals surface area contributed by atoms with Crippen LogP contribution in [0.2, 0.25) is 0 Å². The summed E-state index contributed by atoms with van der Waals surface area (Å²) in [5.74, 6) is -5.95. The molecular weight excluding hydrogens is 502 g/mol. The van der Waals surface area contributed by atoms with Gasteiger partial charge in [0.15, 0.2) is 5.60 Å². The monoisotopic (exact) mass is 535 g/mol. The minimum absolute atomic E-state index is 0.0156. The molecule has 1 amide bonds. The average molecular weight is 536 g/mol. The molecule has 11 heteroatoms. The van der Waals surface area contributed by atoms with E-state index in [0.717, 1.165) is 6.92 Å². The van der Waals surface area contributed by atoms with Crippen molar-refractivity contribution in [3.05, 3.63) is 71.8 Å². The summed E-state index contributed by atoms with van der Waals surface area (Å²) in [5, 5.41) is 24.2. The Morgan fingerprint density at radius 1 is 0.946 bits per heavy atom. The molecule has 0 aliphatic carbocycles. The van der Waals surface area contributed by atoms with E-state index in [1.54, 1.807) is 36.4 Å². The zero-order valence-electron chi connectivity index (χ0n) is 21.3. The standard InChI is InChI=1S/C26H33NO9S/c1-19(28)27-16-11-17-37(33,34)36-25(4,35-22(29)18-20-12-7-5-8-13-20)24(2,3)26(32,23(30)31)21-14-9-6-10-15-21/h5-10,12-15,32H,11,16-18H2,1-4H3,(H,27,28)(H,30,31)/t25?,26-/m0/s1. The minimum atomic E-state index is -4.44. The second kappa shape index (κ2) is 11.8. The lowest BCUT2D eigenvalue weighted by Gasteiger charge is -2.49. The third-order valence-electron chi connectivity index (χ3n) is 6.27. The van der Waals surface area contributed by atoms with Gasteiger partial charge in [-0.2, -0.15) is 8.42 Å². The molecule has 2 aromatic carbocycles. The number of aliphatic hydroxyl groups is 1. The quantitative estimate of drug-likeness (QED) is 0.152. The number of aliphatic carboxylic acids is 1. The van der Waals surface area contributed by atoms with E-state index in [1.165, 1.54) is 45.0 Å². The molecular formula is C26H33NO9S. The van der Waals surface area contributed by atoms with Crippen LogP contribution in [0.3, 0.4) is 0 Å². The molecule has 202 valence electrons. The number of hydrogen-bond donors (Lipinski definition) is 3. The number of hydrogen-bond acceptors (Lipinski definition) is 8. The summed E-state index contributed by atoms with van der Waals surface area (Å²) in [5.41, 5.74) is -4.28. The van der Waals surface area contributed by atoms with E-state index in [2.05, 4.69) is 5.32 Å². The molecule has 2 atom stereocenters. The topological polar surface area (TPSA) is 156 Å². The Bertz CT molecular complexity index is 1200. The number of carboxylic acid groups (broad SMARTS) is 1. The maximum Gasteiger partial charge on any atom is 0.341 e. The summed E-state index contributed by atoms with van der Waals surface area (Å²) in [6.45, 7) is 4.94. The van der Waals surface area contributed by atoms with E-state index in [4.69, 9.17) is 8.92 Å². The second-order valence-corrected chi connectivity index (χ2v) is 11.0. The van der Waals surface area contributed by atoms with Gasteiger partial charge in [0.05, 0.1) is 17.6 Å². The molecule has 0 heterocycles. The highest BCUT2D eigenvalue weighted by molar-refractivity contribution is 7.86. The van der Waals surface area contributed by atoms with Gasteiger partial charge >= 0.3 is 11.9 Å². The van der Waals surface area contributed by atoms with E-state index in [9.17, 15) is 33.0 Å². The van der Waals surface area contributed by atoms with Crippen LogP contribution in [0.1, 0.15) is 45.2 Å². The number of rotatable bonds is 13. The van der Waals surface area contributed by atoms with Crippen molar-refractivity contribution in [3.8, 4) is 0 Å². The zero-order valence-corrected chi connectivity index (χ0v) is 22.1. The molecule has 0 saturated heterocycles. The molecule has 0 aromatic heterocycles. The van der Waals surface area contributed by atoms with Gasteiger partial charge in [0.25, 0.3) is 10.1 Å². The van der Waals surface area contributed by atoms with Crippen LogP contribution in [0.5, 0.6) is 0 Å². The summed E-state index contributed by atoms with van der Waals surface area (Å²) in [7, 11) is -4.44. The Hall–Kier alpha value is -3.28. The fourth-order valence-electron chi connectivity index (χ4n) is 3.82. The zero-order chi connectivity index (χ0) is 27.9. The molecule has 0 aliphatic heterocycles. The Morgan fingerprint density at radius 3 is 2.00 bits per heavy atom. The molecule has 1 unspecified atom stereocenters. The van der Waals surface area contributed by atoms with Crippen molar-refractivity contribution in [1.29, 1.82) is 0 Å². The second-order valence-electron chi connectivity index (χ2n) is 9.27. The Labute approximate surface area is 216 Å². The number of carboxylic acids is 1. The van der Waals surface area contributed by atoms with Gasteiger partial charge in [-0.05, 0) is 31.4 Å². The van der Waals surface area contributed by atoms with Gasteiger partial charge in [0.2, 0.25) is 11.7 Å². The molecule has 0 fully saturated rings. The lowest BCUT2D eigenvalue weighted by molar-refractivity contribution is -0.273. The summed E-state index contributed by atoms with van der Waals surface area (Å²) >= 11 is 0. The molecule has 0 radical (unpaired) electrons. The van der Waals surface area contributed by atoms with Crippen LogP contribution in [0, 0.1) is 5.41 Å². The molecule has 2 aromatic rings. The van der Waals surface area contributed by atoms with Gasteiger partial charge in [-0.1, -0.05) is 60.7 Å². The van der Waals surface area contributed by atoms with Crippen LogP contribution in [0.25, 0.3) is 0 Å². The SMILES string of the molecule is CC(=O)NCCCS(=O)(=O)OC(C)(OC(=O)Cc1ccccc1)C(C)(C)[C@@](O)(C(=O)O)c1ccccc1. The number of carbonyl (C=O) groups excluding carboxylic acids is 2. The van der Waals surface area contributed by atoms with Crippen LogP contribution in [-0.4, -0.2) is 54.6 Å². The summed E-state index contributed by atoms with van der Waals surface area (Å²) in [6.07, 6.45) is -0.270. The number of ether oxygens (including phenoxy) is 1. The van der Waals surface area contributed by atoms with Crippen LogP contribution < -0.4 is 5.32 Å². The Morgan fingerprint density at radius 2 is 1.49 bits per heavy atom. The fourth-order valence-corrected chi connectivity index (χ4v) is 5.13. The number of carbonyl (C=O) groups is 3. The number of nitrogens with one attached hydrogen (secondary N) is 1. The van der Waals surface area contributed by atoms with Crippen molar-refractivity contribution >= 4 is 28.0 Å². The highest BCUT2D eigenvalue weighted by atomic mass is 32.2. The van der Waals surface area contributed by atoms with Crippen LogP contribution in [0.4, 0.5) is 0 Å². The maximum atomic E-state index is 13.0. The van der Waals surface area contributed by atoms with Crippen molar-refractivity contribution < 1.29 is 41.9 Å². The van der Waals surface area contributed by atoms with Gasteiger partial charge < -0.3 is 20.3 Å². The molecule has 37 heavy (non-hydrogen) atoms. The molecule has 0 spiro atoms. The maximum absolute atomic E-state index is 13.0. The van der Waals surface area contributed by atoms with Crippen LogP contribution in [0.15, 0.2) is 60.7 Å². The van der Waals surface area contributed by atoms with E-state index in [0.29, 0.717) is 5.56 Å². The first-order chi connectivity index (χ1) is 17.1. The Balaban J connectivity index is 2.50. The number of benzene rings is 2. The highest BCUT2D eigenvalue weighted by Crippen LogP contribution is 2.50. The minimum Gasteiger partial charge on any atom is -0.479 e. The molecule has 0 aliphatic rings. The van der Waals surface area contributed by atoms with Crippen molar-refractivity contribution in [1.82, 2.24) is 5.32 Å². The van der Waals surface area contributed by atoms with Crippen molar-refractivity contribution in [2.75, 3.05) is 12.3 Å². The van der Waals surface area contributed by atoms with Crippen molar-refractivity contribution in [2.45, 2.75) is 51.9 Å². The van der Waals surface area contributed by atoms with Gasteiger partial charge in [-0.25, -0.2) is 8.98 Å². The number of amides is 1. The molecule has 10 nitrogen and oxygen atoms in total. The molecule has 0 saturated carbocycles. The van der Waals surface area contributed by atoms with E-state index < -0.39 is 44.6 Å². The first kappa shape index (κ1) is 29.9. The highest BCUT2D eigenvalue weighted by Gasteiger charge is 2.64. The molecule has 3 N–H and O–H groups in total. The van der Waals surface area contributed by atoms with E-state index in [1.807, 2.05) is 0 Å². The van der Waals surface area contributed by atoms with Crippen LogP contribution >= 0.6 is 0 Å². The fraction of sp³-hybridized carbons (Fsp3) is 0.423. The van der Waals surface area contributed by atoms with Crippen molar-refractivity contribution in [3.63, 3.8) is 0 Å². The summed E-state index contributed by atoms with van der Waals surface area (Å²) in [4.78, 5) is 36.5.